The maximum absolute atomic E-state index is 13.1. The number of amides is 1. The van der Waals surface area contributed by atoms with Gasteiger partial charge in [0.25, 0.3) is 0 Å². The number of nitrogens with one attached hydrogen (secondary N) is 1. The summed E-state index contributed by atoms with van der Waals surface area (Å²) < 4.78 is 24.0. The van der Waals surface area contributed by atoms with Crippen LogP contribution in [-0.4, -0.2) is 54.1 Å². The molecule has 1 amide bonds. The molecule has 12 heteroatoms. The normalized spacial score (nSPS) is 15.3. The van der Waals surface area contributed by atoms with Crippen molar-refractivity contribution in [3.63, 3.8) is 0 Å². The van der Waals surface area contributed by atoms with Crippen molar-refractivity contribution >= 4 is 39.9 Å². The second kappa shape index (κ2) is 13.1. The molecule has 0 saturated heterocycles. The zero-order valence-corrected chi connectivity index (χ0v) is 27.0. The molecule has 6 rings (SSSR count). The maximum Gasteiger partial charge on any atom is 0.229 e. The van der Waals surface area contributed by atoms with Crippen molar-refractivity contribution in [2.75, 3.05) is 38.7 Å². The Hall–Kier alpha value is -5.03. The molecule has 0 aliphatic heterocycles. The monoisotopic (exact) mass is 642 g/mol. The molecule has 2 atom stereocenters. The molecule has 2 aromatic carbocycles. The Balaban J connectivity index is 1.34. The molecule has 1 fully saturated rings. The van der Waals surface area contributed by atoms with Crippen LogP contribution in [0.1, 0.15) is 29.0 Å². The molecule has 11 nitrogen and oxygen atoms in total. The standard InChI is InChI=1S/C34H35ClN6O5/c1-40-17-23(15-37-40)26-14-27(26)34(42)39-32-11-22-10-31(35)38-33(28(22)16-36-32)41(18-20-6-8-24(43-2)12-29(20)45-4)19-21-7-9-25(44-3)13-30(21)46-5/h6-13,15-17,26-27H,14,18-19H2,1-5H3,(H,36,39,42)/t26-,27+/m0/s1. The van der Waals surface area contributed by atoms with Gasteiger partial charge in [-0.3, -0.25) is 9.48 Å². The molecule has 5 aromatic rings. The highest BCUT2D eigenvalue weighted by atomic mass is 35.5. The summed E-state index contributed by atoms with van der Waals surface area (Å²) in [5, 5.41) is 9.08. The van der Waals surface area contributed by atoms with Gasteiger partial charge in [-0.2, -0.15) is 5.10 Å². The average molecular weight is 643 g/mol. The van der Waals surface area contributed by atoms with E-state index < -0.39 is 0 Å². The van der Waals surface area contributed by atoms with Gasteiger partial charge in [0, 0.05) is 67.1 Å². The van der Waals surface area contributed by atoms with E-state index in [-0.39, 0.29) is 17.7 Å². The Kier molecular flexibility index (Phi) is 8.85. The minimum atomic E-state index is -0.118. The van der Waals surface area contributed by atoms with Gasteiger partial charge in [0.1, 0.15) is 39.8 Å². The lowest BCUT2D eigenvalue weighted by Gasteiger charge is -2.27. The largest absolute Gasteiger partial charge is 0.497 e. The molecule has 1 aliphatic carbocycles. The first-order valence-corrected chi connectivity index (χ1v) is 15.1. The minimum absolute atomic E-state index is 0.0686. The first-order valence-electron chi connectivity index (χ1n) is 14.7. The van der Waals surface area contributed by atoms with Gasteiger partial charge in [0.05, 0.1) is 34.6 Å². The van der Waals surface area contributed by atoms with E-state index in [0.29, 0.717) is 52.9 Å². The van der Waals surface area contributed by atoms with E-state index in [9.17, 15) is 4.79 Å². The van der Waals surface area contributed by atoms with Gasteiger partial charge >= 0.3 is 0 Å². The zero-order valence-electron chi connectivity index (χ0n) is 26.3. The van der Waals surface area contributed by atoms with Crippen molar-refractivity contribution in [3.8, 4) is 23.0 Å². The van der Waals surface area contributed by atoms with Crippen molar-refractivity contribution in [2.45, 2.75) is 25.4 Å². The van der Waals surface area contributed by atoms with Crippen molar-refractivity contribution in [3.05, 3.63) is 89.0 Å². The summed E-state index contributed by atoms with van der Waals surface area (Å²) in [5.74, 6) is 3.76. The fraction of sp³-hybridized carbons (Fsp3) is 0.294. The number of hydrogen-bond acceptors (Lipinski definition) is 9. The van der Waals surface area contributed by atoms with Gasteiger partial charge < -0.3 is 29.2 Å². The summed E-state index contributed by atoms with van der Waals surface area (Å²) in [6, 6.07) is 15.0. The summed E-state index contributed by atoms with van der Waals surface area (Å²) in [6.45, 7) is 0.835. The second-order valence-corrected chi connectivity index (χ2v) is 11.5. The first kappa shape index (κ1) is 31.0. The van der Waals surface area contributed by atoms with Gasteiger partial charge in [-0.05, 0) is 59.7 Å². The number of hydrogen-bond donors (Lipinski definition) is 1. The van der Waals surface area contributed by atoms with Crippen LogP contribution in [0.5, 0.6) is 23.0 Å². The number of methoxy groups -OCH3 is 4. The SMILES string of the molecule is COc1ccc(CN(Cc2ccc(OC)cc2OC)c2nc(Cl)cc3cc(NC(=O)[C@@H]4C[C@H]4c4cnn(C)c4)ncc23)c(OC)c1. The smallest absolute Gasteiger partial charge is 0.229 e. The summed E-state index contributed by atoms with van der Waals surface area (Å²) in [5.41, 5.74) is 2.89. The van der Waals surface area contributed by atoms with Crippen LogP contribution in [-0.2, 0) is 24.9 Å². The van der Waals surface area contributed by atoms with Crippen molar-refractivity contribution < 1.29 is 23.7 Å². The van der Waals surface area contributed by atoms with E-state index in [1.807, 2.05) is 61.9 Å². The summed E-state index contributed by atoms with van der Waals surface area (Å²) in [7, 11) is 8.36. The molecule has 0 radical (unpaired) electrons. The predicted octanol–water partition coefficient (Wildman–Crippen LogP) is 6.00. The molecule has 0 spiro atoms. The van der Waals surface area contributed by atoms with E-state index in [1.54, 1.807) is 45.4 Å². The molecule has 1 N–H and O–H groups in total. The highest BCUT2D eigenvalue weighted by Crippen LogP contribution is 2.48. The van der Waals surface area contributed by atoms with Crippen molar-refractivity contribution in [2.24, 2.45) is 13.0 Å². The van der Waals surface area contributed by atoms with Crippen LogP contribution in [0.25, 0.3) is 10.8 Å². The Morgan fingerprint density at radius 1 is 0.935 bits per heavy atom. The lowest BCUT2D eigenvalue weighted by Crippen LogP contribution is -2.24. The minimum Gasteiger partial charge on any atom is -0.497 e. The van der Waals surface area contributed by atoms with E-state index >= 15 is 0 Å². The van der Waals surface area contributed by atoms with Crippen LogP contribution in [0, 0.1) is 5.92 Å². The van der Waals surface area contributed by atoms with Crippen LogP contribution >= 0.6 is 11.6 Å². The number of nitrogens with zero attached hydrogens (tertiary/aromatic N) is 5. The highest BCUT2D eigenvalue weighted by molar-refractivity contribution is 6.30. The third-order valence-electron chi connectivity index (χ3n) is 8.21. The lowest BCUT2D eigenvalue weighted by molar-refractivity contribution is -0.117. The lowest BCUT2D eigenvalue weighted by atomic mass is 10.1. The quantitative estimate of drug-likeness (QED) is 0.164. The number of fused-ring (bicyclic) bond motifs is 1. The predicted molar refractivity (Wildman–Crippen MR) is 176 cm³/mol. The number of halogens is 1. The number of carbonyl (C=O) groups excluding carboxylic acids is 1. The van der Waals surface area contributed by atoms with Crippen LogP contribution in [0.4, 0.5) is 11.6 Å². The molecule has 1 saturated carbocycles. The number of aryl methyl sites for hydroxylation is 1. The maximum atomic E-state index is 13.1. The second-order valence-electron chi connectivity index (χ2n) is 11.2. The fourth-order valence-corrected chi connectivity index (χ4v) is 5.89. The van der Waals surface area contributed by atoms with Crippen LogP contribution in [0.3, 0.4) is 0 Å². The molecule has 3 aromatic heterocycles. The molecular weight excluding hydrogens is 608 g/mol. The topological polar surface area (TPSA) is 113 Å². The highest BCUT2D eigenvalue weighted by Gasteiger charge is 2.44. The fourth-order valence-electron chi connectivity index (χ4n) is 5.69. The number of pyridine rings is 2. The Bertz CT molecular complexity index is 1840. The number of benzene rings is 2. The zero-order chi connectivity index (χ0) is 32.4. The number of ether oxygens (including phenoxy) is 4. The van der Waals surface area contributed by atoms with Crippen molar-refractivity contribution in [1.82, 2.24) is 19.7 Å². The molecule has 46 heavy (non-hydrogen) atoms. The van der Waals surface area contributed by atoms with Gasteiger partial charge in [-0.25, -0.2) is 9.97 Å². The van der Waals surface area contributed by atoms with Gasteiger partial charge in [-0.1, -0.05) is 11.6 Å². The number of carbonyl (C=O) groups is 1. The van der Waals surface area contributed by atoms with Gasteiger partial charge in [0.15, 0.2) is 0 Å². The summed E-state index contributed by atoms with van der Waals surface area (Å²) in [6.07, 6.45) is 6.28. The molecule has 238 valence electrons. The number of anilines is 2. The Morgan fingerprint density at radius 2 is 1.59 bits per heavy atom. The number of rotatable bonds is 12. The van der Waals surface area contributed by atoms with Crippen molar-refractivity contribution in [1.29, 1.82) is 0 Å². The number of aromatic nitrogens is 4. The van der Waals surface area contributed by atoms with E-state index in [2.05, 4.69) is 20.3 Å². The van der Waals surface area contributed by atoms with Gasteiger partial charge in [0.2, 0.25) is 5.91 Å². The molecule has 1 aliphatic rings. The van der Waals surface area contributed by atoms with E-state index in [1.165, 1.54) is 0 Å². The van der Waals surface area contributed by atoms with E-state index in [0.717, 1.165) is 33.9 Å². The average Bonchev–Trinajstić information content (AvgIpc) is 3.76. The van der Waals surface area contributed by atoms with Crippen LogP contribution in [0.15, 0.2) is 67.1 Å². The Labute approximate surface area is 272 Å². The Morgan fingerprint density at radius 3 is 2.15 bits per heavy atom. The third kappa shape index (κ3) is 6.50. The molecular formula is C34H35ClN6O5. The molecule has 0 unspecified atom stereocenters. The first-order chi connectivity index (χ1) is 22.3. The molecule has 3 heterocycles. The van der Waals surface area contributed by atoms with Gasteiger partial charge in [-0.15, -0.1) is 0 Å². The summed E-state index contributed by atoms with van der Waals surface area (Å²) in [4.78, 5) is 24.6. The van der Waals surface area contributed by atoms with Crippen LogP contribution < -0.4 is 29.2 Å². The van der Waals surface area contributed by atoms with E-state index in [4.69, 9.17) is 35.5 Å². The third-order valence-corrected chi connectivity index (χ3v) is 8.40. The summed E-state index contributed by atoms with van der Waals surface area (Å²) >= 11 is 6.64. The molecule has 0 bridgehead atoms. The van der Waals surface area contributed by atoms with Crippen LogP contribution in [0.2, 0.25) is 5.15 Å².